The number of rotatable bonds is 5. The van der Waals surface area contributed by atoms with Gasteiger partial charge in [0.15, 0.2) is 0 Å². The van der Waals surface area contributed by atoms with Crippen molar-refractivity contribution >= 4 is 17.4 Å². The second kappa shape index (κ2) is 6.56. The van der Waals surface area contributed by atoms with Gasteiger partial charge in [0.05, 0.1) is 0 Å². The van der Waals surface area contributed by atoms with Crippen LogP contribution >= 0.6 is 11.6 Å². The molecule has 1 aromatic rings. The maximum Gasteiger partial charge on any atom is 0.134 e. The van der Waals surface area contributed by atoms with E-state index in [1.54, 1.807) is 0 Å². The fraction of sp³-hybridized carbons (Fsp3) is 0.733. The summed E-state index contributed by atoms with van der Waals surface area (Å²) in [6, 6.07) is 2.54. The fourth-order valence-corrected chi connectivity index (χ4v) is 2.98. The molecule has 0 aromatic carbocycles. The quantitative estimate of drug-likeness (QED) is 0.756. The minimum atomic E-state index is 0.551. The molecule has 1 heterocycles. The third-order valence-corrected chi connectivity index (χ3v) is 3.99. The summed E-state index contributed by atoms with van der Waals surface area (Å²) in [5, 5.41) is 0.551. The van der Waals surface area contributed by atoms with Crippen molar-refractivity contribution in [2.45, 2.75) is 58.9 Å². The van der Waals surface area contributed by atoms with E-state index in [0.29, 0.717) is 17.1 Å². The average molecular weight is 282 g/mol. The molecule has 0 unspecified atom stereocenters. The number of anilines is 1. The number of halogens is 1. The van der Waals surface area contributed by atoms with Crippen LogP contribution in [0.3, 0.4) is 0 Å². The summed E-state index contributed by atoms with van der Waals surface area (Å²) in [6.45, 7) is 7.51. The first-order valence-corrected chi connectivity index (χ1v) is 7.72. The highest BCUT2D eigenvalue weighted by Gasteiger charge is 2.24. The summed E-state index contributed by atoms with van der Waals surface area (Å²) in [6.07, 6.45) is 6.41. The Labute approximate surface area is 121 Å². The lowest BCUT2D eigenvalue weighted by Crippen LogP contribution is -2.35. The molecule has 0 aliphatic heterocycles. The SMILES string of the molecule is Cc1nc(Cl)cc(N(CCC(C)C)C2CCCC2)n1. The molecule has 0 radical (unpaired) electrons. The van der Waals surface area contributed by atoms with Gasteiger partial charge in [-0.1, -0.05) is 38.3 Å². The molecule has 0 amide bonds. The number of hydrogen-bond donors (Lipinski definition) is 0. The largest absolute Gasteiger partial charge is 0.353 e. The minimum absolute atomic E-state index is 0.551. The maximum absolute atomic E-state index is 6.09. The molecule has 2 rings (SSSR count). The van der Waals surface area contributed by atoms with Gasteiger partial charge in [-0.25, -0.2) is 9.97 Å². The monoisotopic (exact) mass is 281 g/mol. The zero-order valence-corrected chi connectivity index (χ0v) is 13.0. The van der Waals surface area contributed by atoms with Gasteiger partial charge in [-0.15, -0.1) is 0 Å². The molecule has 1 aliphatic carbocycles. The summed E-state index contributed by atoms with van der Waals surface area (Å²) >= 11 is 6.09. The normalized spacial score (nSPS) is 16.3. The van der Waals surface area contributed by atoms with Crippen molar-refractivity contribution in [1.29, 1.82) is 0 Å². The lowest BCUT2D eigenvalue weighted by Gasteiger charge is -2.31. The van der Waals surface area contributed by atoms with Crippen molar-refractivity contribution in [1.82, 2.24) is 9.97 Å². The highest BCUT2D eigenvalue weighted by atomic mass is 35.5. The van der Waals surface area contributed by atoms with Crippen molar-refractivity contribution in [2.24, 2.45) is 5.92 Å². The molecular formula is C15H24ClN3. The topological polar surface area (TPSA) is 29.0 Å². The first-order chi connectivity index (χ1) is 9.06. The van der Waals surface area contributed by atoms with Crippen LogP contribution in [0.4, 0.5) is 5.82 Å². The molecular weight excluding hydrogens is 258 g/mol. The first kappa shape index (κ1) is 14.6. The Balaban J connectivity index is 2.19. The van der Waals surface area contributed by atoms with Crippen LogP contribution in [0, 0.1) is 12.8 Å². The van der Waals surface area contributed by atoms with E-state index < -0.39 is 0 Å². The summed E-state index contributed by atoms with van der Waals surface area (Å²) in [7, 11) is 0. The molecule has 1 fully saturated rings. The Morgan fingerprint density at radius 2 is 2.00 bits per heavy atom. The first-order valence-electron chi connectivity index (χ1n) is 7.34. The van der Waals surface area contributed by atoms with E-state index in [0.717, 1.165) is 18.2 Å². The standard InChI is InChI=1S/C15H24ClN3/c1-11(2)8-9-19(13-6-4-5-7-13)15-10-14(16)17-12(3)18-15/h10-11,13H,4-9H2,1-3H3. The van der Waals surface area contributed by atoms with Crippen LogP contribution < -0.4 is 4.90 Å². The van der Waals surface area contributed by atoms with Crippen molar-refractivity contribution < 1.29 is 0 Å². The van der Waals surface area contributed by atoms with Gasteiger partial charge in [-0.3, -0.25) is 0 Å². The van der Waals surface area contributed by atoms with Gasteiger partial charge in [0.25, 0.3) is 0 Å². The summed E-state index contributed by atoms with van der Waals surface area (Å²) in [5.74, 6) is 2.47. The summed E-state index contributed by atoms with van der Waals surface area (Å²) in [5.41, 5.74) is 0. The Kier molecular flexibility index (Phi) is 5.03. The number of hydrogen-bond acceptors (Lipinski definition) is 3. The van der Waals surface area contributed by atoms with E-state index >= 15 is 0 Å². The lowest BCUT2D eigenvalue weighted by atomic mass is 10.1. The smallest absolute Gasteiger partial charge is 0.134 e. The molecule has 1 aliphatic rings. The molecule has 3 nitrogen and oxygen atoms in total. The van der Waals surface area contributed by atoms with Crippen molar-refractivity contribution in [3.05, 3.63) is 17.0 Å². The Bertz CT molecular complexity index is 394. The molecule has 0 bridgehead atoms. The average Bonchev–Trinajstić information content (AvgIpc) is 2.81. The Morgan fingerprint density at radius 1 is 1.32 bits per heavy atom. The van der Waals surface area contributed by atoms with Crippen LogP contribution in [-0.4, -0.2) is 22.6 Å². The highest BCUT2D eigenvalue weighted by molar-refractivity contribution is 6.29. The van der Waals surface area contributed by atoms with E-state index in [-0.39, 0.29) is 0 Å². The van der Waals surface area contributed by atoms with Crippen LogP contribution in [-0.2, 0) is 0 Å². The van der Waals surface area contributed by atoms with Gasteiger partial charge in [0, 0.05) is 18.7 Å². The number of nitrogens with zero attached hydrogens (tertiary/aromatic N) is 3. The van der Waals surface area contributed by atoms with Crippen LogP contribution in [0.2, 0.25) is 5.15 Å². The van der Waals surface area contributed by atoms with Gasteiger partial charge < -0.3 is 4.90 Å². The molecule has 4 heteroatoms. The second-order valence-corrected chi connectivity index (χ2v) is 6.30. The van der Waals surface area contributed by atoms with Gasteiger partial charge in [-0.05, 0) is 32.1 Å². The molecule has 1 aromatic heterocycles. The summed E-state index contributed by atoms with van der Waals surface area (Å²) < 4.78 is 0. The van der Waals surface area contributed by atoms with Crippen LogP contribution in [0.25, 0.3) is 0 Å². The van der Waals surface area contributed by atoms with E-state index in [2.05, 4.69) is 28.7 Å². The number of aromatic nitrogens is 2. The predicted molar refractivity (Wildman–Crippen MR) is 80.8 cm³/mol. The van der Waals surface area contributed by atoms with Gasteiger partial charge in [0.2, 0.25) is 0 Å². The van der Waals surface area contributed by atoms with E-state index in [9.17, 15) is 0 Å². The molecule has 1 saturated carbocycles. The third-order valence-electron chi connectivity index (χ3n) is 3.80. The summed E-state index contributed by atoms with van der Waals surface area (Å²) in [4.78, 5) is 11.2. The molecule has 0 saturated heterocycles. The Hall–Kier alpha value is -0.830. The van der Waals surface area contributed by atoms with Crippen molar-refractivity contribution in [3.8, 4) is 0 Å². The fourth-order valence-electron chi connectivity index (χ4n) is 2.76. The molecule has 0 spiro atoms. The van der Waals surface area contributed by atoms with E-state index in [4.69, 9.17) is 11.6 Å². The van der Waals surface area contributed by atoms with Crippen LogP contribution in [0.1, 0.15) is 51.8 Å². The van der Waals surface area contributed by atoms with Gasteiger partial charge >= 0.3 is 0 Å². The maximum atomic E-state index is 6.09. The number of aryl methyl sites for hydroxylation is 1. The Morgan fingerprint density at radius 3 is 2.58 bits per heavy atom. The van der Waals surface area contributed by atoms with Crippen molar-refractivity contribution in [2.75, 3.05) is 11.4 Å². The zero-order chi connectivity index (χ0) is 13.8. The molecule has 106 valence electrons. The molecule has 19 heavy (non-hydrogen) atoms. The van der Waals surface area contributed by atoms with Crippen LogP contribution in [0.5, 0.6) is 0 Å². The van der Waals surface area contributed by atoms with Crippen molar-refractivity contribution in [3.63, 3.8) is 0 Å². The van der Waals surface area contributed by atoms with E-state index in [1.165, 1.54) is 32.1 Å². The molecule has 0 N–H and O–H groups in total. The minimum Gasteiger partial charge on any atom is -0.353 e. The predicted octanol–water partition coefficient (Wildman–Crippen LogP) is 4.23. The zero-order valence-electron chi connectivity index (χ0n) is 12.2. The second-order valence-electron chi connectivity index (χ2n) is 5.91. The van der Waals surface area contributed by atoms with Gasteiger partial charge in [0.1, 0.15) is 16.8 Å². The lowest BCUT2D eigenvalue weighted by molar-refractivity contribution is 0.524. The highest BCUT2D eigenvalue weighted by Crippen LogP contribution is 2.28. The third kappa shape index (κ3) is 4.07. The van der Waals surface area contributed by atoms with E-state index in [1.807, 2.05) is 13.0 Å². The van der Waals surface area contributed by atoms with Gasteiger partial charge in [-0.2, -0.15) is 0 Å². The van der Waals surface area contributed by atoms with Crippen LogP contribution in [0.15, 0.2) is 6.07 Å². The molecule has 0 atom stereocenters.